The van der Waals surface area contributed by atoms with E-state index in [0.29, 0.717) is 5.92 Å². The summed E-state index contributed by atoms with van der Waals surface area (Å²) < 4.78 is 0. The number of rotatable bonds is 2. The van der Waals surface area contributed by atoms with Gasteiger partial charge in [-0.1, -0.05) is 18.0 Å². The van der Waals surface area contributed by atoms with Crippen LogP contribution in [-0.4, -0.2) is 10.5 Å². The first-order valence-corrected chi connectivity index (χ1v) is 6.79. The molecule has 3 heteroatoms. The summed E-state index contributed by atoms with van der Waals surface area (Å²) in [6, 6.07) is 0. The van der Waals surface area contributed by atoms with E-state index in [2.05, 4.69) is 31.0 Å². The average Bonchev–Trinajstić information content (AvgIpc) is 2.74. The molecule has 2 aliphatic carbocycles. The minimum absolute atomic E-state index is 0.117. The van der Waals surface area contributed by atoms with E-state index in [0.717, 1.165) is 11.8 Å². The van der Waals surface area contributed by atoms with Gasteiger partial charge in [-0.2, -0.15) is 10.2 Å². The molecule has 0 N–H and O–H groups in total. The van der Waals surface area contributed by atoms with Crippen LogP contribution in [0.25, 0.3) is 0 Å². The Labute approximate surface area is 104 Å². The van der Waals surface area contributed by atoms with Crippen LogP contribution in [0.2, 0.25) is 0 Å². The summed E-state index contributed by atoms with van der Waals surface area (Å²) >= 11 is 6.58. The summed E-state index contributed by atoms with van der Waals surface area (Å²) in [7, 11) is 0. The Morgan fingerprint density at radius 3 is 2.12 bits per heavy atom. The van der Waals surface area contributed by atoms with Crippen LogP contribution in [0, 0.1) is 17.8 Å². The van der Waals surface area contributed by atoms with Gasteiger partial charge in [-0.05, 0) is 58.8 Å². The van der Waals surface area contributed by atoms with Gasteiger partial charge in [-0.3, -0.25) is 0 Å². The van der Waals surface area contributed by atoms with Crippen LogP contribution in [-0.2, 0) is 0 Å². The molecule has 2 saturated carbocycles. The Hall–Kier alpha value is -0.110. The van der Waals surface area contributed by atoms with Crippen LogP contribution < -0.4 is 0 Å². The highest BCUT2D eigenvalue weighted by molar-refractivity contribution is 6.23. The van der Waals surface area contributed by atoms with E-state index in [-0.39, 0.29) is 5.54 Å². The van der Waals surface area contributed by atoms with E-state index in [4.69, 9.17) is 11.6 Å². The normalized spacial score (nSPS) is 38.2. The summed E-state index contributed by atoms with van der Waals surface area (Å²) in [6.07, 6.45) is 5.39. The first-order chi connectivity index (χ1) is 7.28. The number of nitrogens with zero attached hydrogens (tertiary/aromatic N) is 2. The molecule has 16 heavy (non-hydrogen) atoms. The van der Waals surface area contributed by atoms with Gasteiger partial charge in [-0.25, -0.2) is 0 Å². The lowest BCUT2D eigenvalue weighted by molar-refractivity contribution is 0.257. The van der Waals surface area contributed by atoms with Crippen molar-refractivity contribution in [2.24, 2.45) is 28.0 Å². The summed E-state index contributed by atoms with van der Waals surface area (Å²) in [4.78, 5) is -0.479. The maximum absolute atomic E-state index is 6.58. The second kappa shape index (κ2) is 3.97. The van der Waals surface area contributed by atoms with Gasteiger partial charge in [0, 0.05) is 5.92 Å². The number of hydrogen-bond acceptors (Lipinski definition) is 2. The van der Waals surface area contributed by atoms with Crippen molar-refractivity contribution in [1.82, 2.24) is 0 Å². The third kappa shape index (κ3) is 2.58. The van der Waals surface area contributed by atoms with E-state index in [9.17, 15) is 0 Å². The standard InChI is InChI=1S/C13H23ClN2/c1-12(2,3)15-16-13(4,14)11-8-9-5-6-10(11)7-9/h9-11H,5-8H2,1-4H3. The van der Waals surface area contributed by atoms with Crippen molar-refractivity contribution in [3.05, 3.63) is 0 Å². The Bertz CT molecular complexity index is 291. The molecule has 0 amide bonds. The van der Waals surface area contributed by atoms with Crippen molar-refractivity contribution in [1.29, 1.82) is 0 Å². The lowest BCUT2D eigenvalue weighted by atomic mass is 9.84. The van der Waals surface area contributed by atoms with Crippen molar-refractivity contribution in [3.63, 3.8) is 0 Å². The lowest BCUT2D eigenvalue weighted by Crippen LogP contribution is -2.31. The maximum atomic E-state index is 6.58. The molecule has 4 atom stereocenters. The van der Waals surface area contributed by atoms with Crippen LogP contribution in [0.15, 0.2) is 10.2 Å². The number of azo groups is 1. The molecule has 2 nitrogen and oxygen atoms in total. The zero-order valence-corrected chi connectivity index (χ0v) is 11.6. The van der Waals surface area contributed by atoms with Gasteiger partial charge >= 0.3 is 0 Å². The third-order valence-corrected chi connectivity index (χ3v) is 4.32. The van der Waals surface area contributed by atoms with Crippen LogP contribution in [0.5, 0.6) is 0 Å². The largest absolute Gasteiger partial charge is 0.187 e. The predicted molar refractivity (Wildman–Crippen MR) is 67.8 cm³/mol. The Morgan fingerprint density at radius 1 is 1.00 bits per heavy atom. The fourth-order valence-corrected chi connectivity index (χ4v) is 3.52. The van der Waals surface area contributed by atoms with Crippen molar-refractivity contribution in [3.8, 4) is 0 Å². The smallest absolute Gasteiger partial charge is 0.155 e. The second-order valence-electron chi connectivity index (χ2n) is 6.68. The number of fused-ring (bicyclic) bond motifs is 2. The van der Waals surface area contributed by atoms with Gasteiger partial charge < -0.3 is 0 Å². The van der Waals surface area contributed by atoms with E-state index < -0.39 is 5.00 Å². The van der Waals surface area contributed by atoms with Crippen LogP contribution in [0.4, 0.5) is 0 Å². The van der Waals surface area contributed by atoms with E-state index in [1.165, 1.54) is 25.7 Å². The zero-order valence-electron chi connectivity index (χ0n) is 10.8. The van der Waals surface area contributed by atoms with E-state index in [1.807, 2.05) is 6.92 Å². The molecule has 2 aliphatic rings. The Balaban J connectivity index is 2.05. The van der Waals surface area contributed by atoms with Crippen LogP contribution in [0.1, 0.15) is 53.4 Å². The molecule has 2 fully saturated rings. The predicted octanol–water partition coefficient (Wildman–Crippen LogP) is 4.63. The number of hydrogen-bond donors (Lipinski definition) is 0. The molecular formula is C13H23ClN2. The monoisotopic (exact) mass is 242 g/mol. The molecule has 0 spiro atoms. The van der Waals surface area contributed by atoms with Crippen LogP contribution in [0.3, 0.4) is 0 Å². The molecule has 4 unspecified atom stereocenters. The van der Waals surface area contributed by atoms with Gasteiger partial charge in [0.2, 0.25) is 0 Å². The fraction of sp³-hybridized carbons (Fsp3) is 1.00. The first-order valence-electron chi connectivity index (χ1n) is 6.41. The van der Waals surface area contributed by atoms with Gasteiger partial charge in [0.05, 0.1) is 5.54 Å². The van der Waals surface area contributed by atoms with Gasteiger partial charge in [0.25, 0.3) is 0 Å². The van der Waals surface area contributed by atoms with Crippen molar-refractivity contribution < 1.29 is 0 Å². The summed E-state index contributed by atoms with van der Waals surface area (Å²) in [5.74, 6) is 2.25. The second-order valence-corrected chi connectivity index (χ2v) is 7.44. The summed E-state index contributed by atoms with van der Waals surface area (Å²) in [6.45, 7) is 8.22. The molecular weight excluding hydrogens is 220 g/mol. The summed E-state index contributed by atoms with van der Waals surface area (Å²) in [5.41, 5.74) is -0.117. The highest BCUT2D eigenvalue weighted by Crippen LogP contribution is 2.54. The van der Waals surface area contributed by atoms with Crippen molar-refractivity contribution in [2.45, 2.75) is 63.9 Å². The molecule has 0 aromatic rings. The molecule has 2 rings (SSSR count). The van der Waals surface area contributed by atoms with Gasteiger partial charge in [0.1, 0.15) is 0 Å². The fourth-order valence-electron chi connectivity index (χ4n) is 3.21. The summed E-state index contributed by atoms with van der Waals surface area (Å²) in [5, 5.41) is 8.77. The number of alkyl halides is 1. The number of halogens is 1. The molecule has 0 aromatic heterocycles. The Kier molecular flexibility index (Phi) is 3.07. The Morgan fingerprint density at radius 2 is 1.69 bits per heavy atom. The molecule has 0 radical (unpaired) electrons. The van der Waals surface area contributed by atoms with E-state index >= 15 is 0 Å². The molecule has 0 heterocycles. The van der Waals surface area contributed by atoms with Crippen LogP contribution >= 0.6 is 11.6 Å². The van der Waals surface area contributed by atoms with Gasteiger partial charge in [0.15, 0.2) is 5.00 Å². The lowest BCUT2D eigenvalue weighted by Gasteiger charge is -2.31. The first kappa shape index (κ1) is 12.3. The van der Waals surface area contributed by atoms with E-state index in [1.54, 1.807) is 0 Å². The van der Waals surface area contributed by atoms with Gasteiger partial charge in [-0.15, -0.1) is 0 Å². The minimum Gasteiger partial charge on any atom is -0.187 e. The highest BCUT2D eigenvalue weighted by Gasteiger charge is 2.48. The molecule has 0 saturated heterocycles. The minimum atomic E-state index is -0.479. The quantitative estimate of drug-likeness (QED) is 0.383. The zero-order chi connectivity index (χ0) is 12.0. The highest BCUT2D eigenvalue weighted by atomic mass is 35.5. The topological polar surface area (TPSA) is 24.7 Å². The SMILES string of the molecule is CC(C)(C)N=NC(C)(Cl)C1CC2CCC1C2. The maximum Gasteiger partial charge on any atom is 0.155 e. The molecule has 0 aliphatic heterocycles. The molecule has 0 aromatic carbocycles. The van der Waals surface area contributed by atoms with Crippen molar-refractivity contribution >= 4 is 11.6 Å². The average molecular weight is 243 g/mol. The molecule has 92 valence electrons. The van der Waals surface area contributed by atoms with Crippen molar-refractivity contribution in [2.75, 3.05) is 0 Å². The molecule has 2 bridgehead atoms. The third-order valence-electron chi connectivity index (χ3n) is 3.96.